The van der Waals surface area contributed by atoms with Crippen LogP contribution in [-0.4, -0.2) is 9.55 Å². The summed E-state index contributed by atoms with van der Waals surface area (Å²) in [6.45, 7) is 0. The molecule has 2 aliphatic rings. The molecule has 1 aliphatic carbocycles. The van der Waals surface area contributed by atoms with Crippen molar-refractivity contribution in [3.05, 3.63) is 199 Å². The lowest BCUT2D eigenvalue weighted by molar-refractivity contribution is 0.602. The summed E-state index contributed by atoms with van der Waals surface area (Å²) in [6, 6.07) is 65.4. The highest BCUT2D eigenvalue weighted by atomic mass is 15.4. The molecular weight excluding hydrogens is 585 g/mol. The first kappa shape index (κ1) is 26.8. The Hall–Kier alpha value is -6.39. The lowest BCUT2D eigenvalue weighted by Crippen LogP contribution is -2.48. The summed E-state index contributed by atoms with van der Waals surface area (Å²) in [5.41, 5.74) is 13.1. The summed E-state index contributed by atoms with van der Waals surface area (Å²) in [6.07, 6.45) is 0. The molecule has 0 amide bonds. The number of hydrogen-bond donors (Lipinski definition) is 0. The first-order valence-corrected chi connectivity index (χ1v) is 16.4. The molecule has 1 aromatic heterocycles. The Kier molecular flexibility index (Phi) is 5.75. The van der Waals surface area contributed by atoms with Gasteiger partial charge in [-0.1, -0.05) is 115 Å². The number of aromatic nitrogens is 2. The third-order valence-corrected chi connectivity index (χ3v) is 9.91. The van der Waals surface area contributed by atoms with E-state index in [0.717, 1.165) is 45.4 Å². The van der Waals surface area contributed by atoms with Gasteiger partial charge >= 0.3 is 0 Å². The van der Waals surface area contributed by atoms with E-state index in [1.807, 2.05) is 0 Å². The van der Waals surface area contributed by atoms with Crippen molar-refractivity contribution in [2.45, 2.75) is 5.54 Å². The Bertz CT molecular complexity index is 2380. The van der Waals surface area contributed by atoms with Crippen molar-refractivity contribution in [3.8, 4) is 16.8 Å². The lowest BCUT2D eigenvalue weighted by Gasteiger charge is -2.48. The maximum atomic E-state index is 5.41. The van der Waals surface area contributed by atoms with Crippen LogP contribution in [0.2, 0.25) is 0 Å². The molecule has 2 heterocycles. The topological polar surface area (TPSA) is 24.3 Å². The predicted molar refractivity (Wildman–Crippen MR) is 196 cm³/mol. The maximum absolute atomic E-state index is 5.41. The highest BCUT2D eigenvalue weighted by Gasteiger charge is 2.55. The minimum atomic E-state index is -0.698. The molecular formula is C44H30N4. The van der Waals surface area contributed by atoms with Crippen molar-refractivity contribution >= 4 is 39.7 Å². The van der Waals surface area contributed by atoms with E-state index in [2.05, 4.69) is 196 Å². The molecule has 0 N–H and O–H groups in total. The molecule has 0 saturated carbocycles. The highest BCUT2D eigenvalue weighted by molar-refractivity contribution is 5.94. The average Bonchev–Trinajstić information content (AvgIpc) is 3.68. The minimum absolute atomic E-state index is 0.698. The second-order valence-electron chi connectivity index (χ2n) is 12.4. The Morgan fingerprint density at radius 3 is 1.65 bits per heavy atom. The first-order chi connectivity index (χ1) is 23.8. The first-order valence-electron chi connectivity index (χ1n) is 16.4. The van der Waals surface area contributed by atoms with Gasteiger partial charge in [0.1, 0.15) is 5.54 Å². The second-order valence-corrected chi connectivity index (χ2v) is 12.4. The van der Waals surface area contributed by atoms with Crippen LogP contribution in [0.3, 0.4) is 0 Å². The molecule has 4 heteroatoms. The number of rotatable bonds is 4. The van der Waals surface area contributed by atoms with Gasteiger partial charge in [0.2, 0.25) is 5.95 Å². The number of benzene rings is 7. The molecule has 1 aliphatic heterocycles. The standard InChI is InChI=1S/C44H30N4/c1-4-16-31(17-5-1)46(32-18-6-2-7-19-32)34-28-29-41-39(30-34)44(37-24-12-10-22-35(37)36-23-11-13-25-38(36)44)48(33-20-8-3-9-21-33)43-45-40-26-14-15-27-42(40)47(41)43/h1-30H. The fourth-order valence-electron chi connectivity index (χ4n) is 8.05. The van der Waals surface area contributed by atoms with Crippen LogP contribution in [0, 0.1) is 0 Å². The molecule has 10 rings (SSSR count). The van der Waals surface area contributed by atoms with E-state index in [9.17, 15) is 0 Å². The van der Waals surface area contributed by atoms with Gasteiger partial charge in [-0.05, 0) is 89.0 Å². The van der Waals surface area contributed by atoms with Crippen LogP contribution in [0.1, 0.15) is 16.7 Å². The number of fused-ring (bicyclic) bond motifs is 11. The van der Waals surface area contributed by atoms with Crippen molar-refractivity contribution in [1.29, 1.82) is 0 Å². The minimum Gasteiger partial charge on any atom is -0.310 e. The molecule has 48 heavy (non-hydrogen) atoms. The van der Waals surface area contributed by atoms with Crippen molar-refractivity contribution in [3.63, 3.8) is 0 Å². The monoisotopic (exact) mass is 614 g/mol. The van der Waals surface area contributed by atoms with Gasteiger partial charge in [-0.15, -0.1) is 0 Å². The fraction of sp³-hybridized carbons (Fsp3) is 0.0227. The molecule has 0 fully saturated rings. The van der Waals surface area contributed by atoms with Gasteiger partial charge in [0.25, 0.3) is 0 Å². The molecule has 0 saturated heterocycles. The number of nitrogens with zero attached hydrogens (tertiary/aromatic N) is 4. The summed E-state index contributed by atoms with van der Waals surface area (Å²) < 4.78 is 2.35. The van der Waals surface area contributed by atoms with E-state index in [1.54, 1.807) is 0 Å². The molecule has 226 valence electrons. The van der Waals surface area contributed by atoms with Crippen molar-refractivity contribution in [2.24, 2.45) is 0 Å². The Balaban J connectivity index is 1.38. The van der Waals surface area contributed by atoms with E-state index in [0.29, 0.717) is 0 Å². The summed E-state index contributed by atoms with van der Waals surface area (Å²) >= 11 is 0. The van der Waals surface area contributed by atoms with Crippen LogP contribution < -0.4 is 9.80 Å². The van der Waals surface area contributed by atoms with Crippen LogP contribution in [0.4, 0.5) is 28.7 Å². The van der Waals surface area contributed by atoms with Crippen LogP contribution in [0.15, 0.2) is 182 Å². The van der Waals surface area contributed by atoms with Crippen LogP contribution >= 0.6 is 0 Å². The molecule has 1 spiro atoms. The van der Waals surface area contributed by atoms with Crippen molar-refractivity contribution in [2.75, 3.05) is 9.80 Å². The third kappa shape index (κ3) is 3.63. The molecule has 0 bridgehead atoms. The maximum Gasteiger partial charge on any atom is 0.217 e. The largest absolute Gasteiger partial charge is 0.310 e. The number of anilines is 5. The van der Waals surface area contributed by atoms with Gasteiger partial charge < -0.3 is 4.90 Å². The average molecular weight is 615 g/mol. The fourth-order valence-corrected chi connectivity index (χ4v) is 8.05. The smallest absolute Gasteiger partial charge is 0.217 e. The second kappa shape index (κ2) is 10.3. The van der Waals surface area contributed by atoms with E-state index in [-0.39, 0.29) is 0 Å². The molecule has 0 atom stereocenters. The Morgan fingerprint density at radius 2 is 1.00 bits per heavy atom. The molecule has 4 nitrogen and oxygen atoms in total. The zero-order chi connectivity index (χ0) is 31.7. The number of imidazole rings is 1. The van der Waals surface area contributed by atoms with Gasteiger partial charge in [-0.3, -0.25) is 9.47 Å². The van der Waals surface area contributed by atoms with E-state index < -0.39 is 5.54 Å². The van der Waals surface area contributed by atoms with Gasteiger partial charge in [-0.25, -0.2) is 4.98 Å². The van der Waals surface area contributed by atoms with Crippen molar-refractivity contribution < 1.29 is 0 Å². The van der Waals surface area contributed by atoms with Crippen LogP contribution in [0.25, 0.3) is 27.8 Å². The van der Waals surface area contributed by atoms with E-state index in [1.165, 1.54) is 27.8 Å². The summed E-state index contributed by atoms with van der Waals surface area (Å²) in [4.78, 5) is 10.2. The summed E-state index contributed by atoms with van der Waals surface area (Å²) in [5, 5.41) is 0. The molecule has 0 radical (unpaired) electrons. The van der Waals surface area contributed by atoms with Gasteiger partial charge in [0.05, 0.1) is 16.7 Å². The number of para-hydroxylation sites is 5. The van der Waals surface area contributed by atoms with Gasteiger partial charge in [0.15, 0.2) is 0 Å². The zero-order valence-corrected chi connectivity index (χ0v) is 26.1. The highest BCUT2D eigenvalue weighted by Crippen LogP contribution is 2.61. The Morgan fingerprint density at radius 1 is 0.458 bits per heavy atom. The van der Waals surface area contributed by atoms with Gasteiger partial charge in [-0.2, -0.15) is 0 Å². The van der Waals surface area contributed by atoms with E-state index in [4.69, 9.17) is 4.98 Å². The van der Waals surface area contributed by atoms with Crippen molar-refractivity contribution in [1.82, 2.24) is 9.55 Å². The predicted octanol–water partition coefficient (Wildman–Crippen LogP) is 10.9. The third-order valence-electron chi connectivity index (χ3n) is 9.91. The SMILES string of the molecule is c1ccc(N(c2ccccc2)c2ccc3c(c2)C2(c4ccccc4-c4ccccc42)N(c2ccccc2)c2nc4ccccc4n2-3)cc1. The van der Waals surface area contributed by atoms with Crippen LogP contribution in [0.5, 0.6) is 0 Å². The normalized spacial score (nSPS) is 13.5. The van der Waals surface area contributed by atoms with Gasteiger partial charge in [0, 0.05) is 28.3 Å². The summed E-state index contributed by atoms with van der Waals surface area (Å²) in [5.74, 6) is 0.900. The van der Waals surface area contributed by atoms with E-state index >= 15 is 0 Å². The summed E-state index contributed by atoms with van der Waals surface area (Å²) in [7, 11) is 0. The zero-order valence-electron chi connectivity index (χ0n) is 26.1. The molecule has 7 aromatic carbocycles. The molecule has 0 unspecified atom stereocenters. The molecule has 8 aromatic rings. The Labute approximate surface area is 279 Å². The number of hydrogen-bond acceptors (Lipinski definition) is 3. The quantitative estimate of drug-likeness (QED) is 0.197. The lowest BCUT2D eigenvalue weighted by atomic mass is 9.76. The van der Waals surface area contributed by atoms with Crippen LogP contribution in [-0.2, 0) is 5.54 Å².